The zero-order chi connectivity index (χ0) is 17.4. The Balaban J connectivity index is 1.79. The standard InChI is InChI=1S/C19H16N2O4/c22-17-14-8-4-5-9-16(14)25-18-15(17)11-20(12-21(18)19(23)24)10-13-6-2-1-3-7-13/h1-9H,10-12H2,(H,23,24). The molecule has 0 saturated carbocycles. The van der Waals surface area contributed by atoms with Gasteiger partial charge in [0.05, 0.1) is 17.6 Å². The number of para-hydroxylation sites is 1. The Bertz CT molecular complexity index is 997. The van der Waals surface area contributed by atoms with Gasteiger partial charge in [0.25, 0.3) is 0 Å². The number of hydrogen-bond donors (Lipinski definition) is 1. The predicted octanol–water partition coefficient (Wildman–Crippen LogP) is 3.25. The molecule has 1 aromatic heterocycles. The van der Waals surface area contributed by atoms with Crippen LogP contribution < -0.4 is 10.3 Å². The summed E-state index contributed by atoms with van der Waals surface area (Å²) >= 11 is 0. The van der Waals surface area contributed by atoms with E-state index < -0.39 is 6.09 Å². The first kappa shape index (κ1) is 15.4. The fourth-order valence-electron chi connectivity index (χ4n) is 3.16. The number of amides is 1. The lowest BCUT2D eigenvalue weighted by Crippen LogP contribution is -2.46. The van der Waals surface area contributed by atoms with Gasteiger partial charge >= 0.3 is 6.09 Å². The van der Waals surface area contributed by atoms with Gasteiger partial charge in [-0.1, -0.05) is 42.5 Å². The lowest BCUT2D eigenvalue weighted by molar-refractivity contribution is 0.180. The zero-order valence-corrected chi connectivity index (χ0v) is 13.4. The highest BCUT2D eigenvalue weighted by Crippen LogP contribution is 2.29. The molecule has 0 bridgehead atoms. The molecule has 0 saturated heterocycles. The highest BCUT2D eigenvalue weighted by atomic mass is 16.4. The van der Waals surface area contributed by atoms with Crippen molar-refractivity contribution in [3.63, 3.8) is 0 Å². The van der Waals surface area contributed by atoms with Gasteiger partial charge < -0.3 is 9.52 Å². The van der Waals surface area contributed by atoms with Crippen LogP contribution in [0.4, 0.5) is 10.7 Å². The number of anilines is 1. The Morgan fingerprint density at radius 3 is 2.56 bits per heavy atom. The van der Waals surface area contributed by atoms with Crippen LogP contribution in [0.2, 0.25) is 0 Å². The van der Waals surface area contributed by atoms with Crippen LogP contribution in [-0.4, -0.2) is 22.8 Å². The van der Waals surface area contributed by atoms with E-state index in [1.807, 2.05) is 35.2 Å². The van der Waals surface area contributed by atoms with E-state index in [9.17, 15) is 14.7 Å². The van der Waals surface area contributed by atoms with Gasteiger partial charge in [0.2, 0.25) is 5.88 Å². The topological polar surface area (TPSA) is 74.0 Å². The van der Waals surface area contributed by atoms with E-state index in [1.165, 1.54) is 0 Å². The van der Waals surface area contributed by atoms with Crippen LogP contribution in [0.3, 0.4) is 0 Å². The Labute approximate surface area is 143 Å². The summed E-state index contributed by atoms with van der Waals surface area (Å²) < 4.78 is 5.76. The van der Waals surface area contributed by atoms with Crippen molar-refractivity contribution >= 4 is 22.9 Å². The average Bonchev–Trinajstić information content (AvgIpc) is 2.63. The molecule has 1 N–H and O–H groups in total. The fourth-order valence-corrected chi connectivity index (χ4v) is 3.16. The normalized spacial score (nSPS) is 14.5. The van der Waals surface area contributed by atoms with Gasteiger partial charge in [-0.3, -0.25) is 9.69 Å². The molecule has 126 valence electrons. The van der Waals surface area contributed by atoms with E-state index in [1.54, 1.807) is 24.3 Å². The van der Waals surface area contributed by atoms with Crippen molar-refractivity contribution in [2.75, 3.05) is 11.6 Å². The Kier molecular flexibility index (Phi) is 3.74. The van der Waals surface area contributed by atoms with Crippen molar-refractivity contribution < 1.29 is 14.3 Å². The second-order valence-corrected chi connectivity index (χ2v) is 6.04. The Morgan fingerprint density at radius 1 is 1.08 bits per heavy atom. The number of hydrogen-bond acceptors (Lipinski definition) is 4. The van der Waals surface area contributed by atoms with Gasteiger partial charge in [0.1, 0.15) is 5.58 Å². The summed E-state index contributed by atoms with van der Waals surface area (Å²) in [6.07, 6.45) is -1.14. The molecule has 1 aliphatic rings. The van der Waals surface area contributed by atoms with Crippen LogP contribution in [0.15, 0.2) is 63.8 Å². The molecule has 2 heterocycles. The van der Waals surface area contributed by atoms with Crippen molar-refractivity contribution in [1.82, 2.24) is 4.90 Å². The zero-order valence-electron chi connectivity index (χ0n) is 13.4. The molecule has 0 fully saturated rings. The molecule has 0 atom stereocenters. The van der Waals surface area contributed by atoms with Crippen molar-refractivity contribution in [2.45, 2.75) is 13.1 Å². The maximum atomic E-state index is 12.8. The van der Waals surface area contributed by atoms with Crippen LogP contribution in [0, 0.1) is 0 Å². The maximum Gasteiger partial charge on any atom is 0.415 e. The second-order valence-electron chi connectivity index (χ2n) is 6.04. The molecule has 0 aliphatic carbocycles. The first-order valence-electron chi connectivity index (χ1n) is 7.95. The van der Waals surface area contributed by atoms with Gasteiger partial charge in [-0.05, 0) is 17.7 Å². The molecule has 4 rings (SSSR count). The minimum absolute atomic E-state index is 0.125. The number of rotatable bonds is 2. The fraction of sp³-hybridized carbons (Fsp3) is 0.158. The summed E-state index contributed by atoms with van der Waals surface area (Å²) in [4.78, 5) is 27.5. The van der Waals surface area contributed by atoms with Gasteiger partial charge in [-0.25, -0.2) is 9.69 Å². The van der Waals surface area contributed by atoms with E-state index in [-0.39, 0.29) is 18.0 Å². The van der Waals surface area contributed by atoms with Crippen LogP contribution in [0.25, 0.3) is 11.0 Å². The summed E-state index contributed by atoms with van der Waals surface area (Å²) in [7, 11) is 0. The van der Waals surface area contributed by atoms with E-state index in [0.717, 1.165) is 10.5 Å². The first-order chi connectivity index (χ1) is 12.1. The molecular weight excluding hydrogens is 320 g/mol. The van der Waals surface area contributed by atoms with Gasteiger partial charge in [0, 0.05) is 13.1 Å². The van der Waals surface area contributed by atoms with Gasteiger partial charge in [0.15, 0.2) is 5.43 Å². The molecule has 6 nitrogen and oxygen atoms in total. The minimum atomic E-state index is -1.14. The number of nitrogens with zero attached hydrogens (tertiary/aromatic N) is 2. The molecule has 6 heteroatoms. The smallest absolute Gasteiger partial charge is 0.415 e. The van der Waals surface area contributed by atoms with Gasteiger partial charge in [-0.15, -0.1) is 0 Å². The highest BCUT2D eigenvalue weighted by molar-refractivity contribution is 5.88. The molecule has 2 aromatic carbocycles. The Hall–Kier alpha value is -3.12. The van der Waals surface area contributed by atoms with E-state index in [4.69, 9.17) is 4.42 Å². The predicted molar refractivity (Wildman–Crippen MR) is 93.5 cm³/mol. The summed E-state index contributed by atoms with van der Waals surface area (Å²) in [6.45, 7) is 1.05. The molecule has 1 amide bonds. The maximum absolute atomic E-state index is 12.8. The largest absolute Gasteiger partial charge is 0.465 e. The van der Waals surface area contributed by atoms with Crippen molar-refractivity contribution in [1.29, 1.82) is 0 Å². The molecule has 3 aromatic rings. The Morgan fingerprint density at radius 2 is 1.80 bits per heavy atom. The molecule has 25 heavy (non-hydrogen) atoms. The monoisotopic (exact) mass is 336 g/mol. The van der Waals surface area contributed by atoms with E-state index in [0.29, 0.717) is 29.6 Å². The number of fused-ring (bicyclic) bond motifs is 2. The third-order valence-electron chi connectivity index (χ3n) is 4.32. The van der Waals surface area contributed by atoms with Crippen LogP contribution in [-0.2, 0) is 13.1 Å². The minimum Gasteiger partial charge on any atom is -0.465 e. The van der Waals surface area contributed by atoms with Crippen molar-refractivity contribution in [3.05, 3.63) is 75.9 Å². The second kappa shape index (κ2) is 6.07. The lowest BCUT2D eigenvalue weighted by atomic mass is 10.1. The molecule has 0 spiro atoms. The first-order valence-corrected chi connectivity index (χ1v) is 7.95. The lowest BCUT2D eigenvalue weighted by Gasteiger charge is -2.33. The quantitative estimate of drug-likeness (QED) is 0.777. The number of carboxylic acid groups (broad SMARTS) is 1. The SMILES string of the molecule is O=C(O)N1CN(Cc2ccccc2)Cc2c1oc1ccccc1c2=O. The molecule has 0 unspecified atom stereocenters. The third-order valence-corrected chi connectivity index (χ3v) is 4.32. The van der Waals surface area contributed by atoms with Crippen molar-refractivity contribution in [3.8, 4) is 0 Å². The van der Waals surface area contributed by atoms with Crippen molar-refractivity contribution in [2.24, 2.45) is 0 Å². The molecule has 0 radical (unpaired) electrons. The summed E-state index contributed by atoms with van der Waals surface area (Å²) in [5, 5.41) is 10.0. The summed E-state index contributed by atoms with van der Waals surface area (Å²) in [6, 6.07) is 16.6. The van der Waals surface area contributed by atoms with E-state index >= 15 is 0 Å². The third kappa shape index (κ3) is 2.77. The van der Waals surface area contributed by atoms with Crippen LogP contribution in [0.5, 0.6) is 0 Å². The summed E-state index contributed by atoms with van der Waals surface area (Å²) in [5.41, 5.74) is 1.65. The average molecular weight is 336 g/mol. The van der Waals surface area contributed by atoms with Crippen LogP contribution in [0.1, 0.15) is 11.1 Å². The highest BCUT2D eigenvalue weighted by Gasteiger charge is 2.31. The summed E-state index contributed by atoms with van der Waals surface area (Å²) in [5.74, 6) is 0.125. The number of carbonyl (C=O) groups is 1. The molecular formula is C19H16N2O4. The number of benzene rings is 2. The molecule has 1 aliphatic heterocycles. The van der Waals surface area contributed by atoms with Crippen LogP contribution >= 0.6 is 0 Å². The van der Waals surface area contributed by atoms with Gasteiger partial charge in [-0.2, -0.15) is 0 Å². The van der Waals surface area contributed by atoms with E-state index in [2.05, 4.69) is 0 Å².